The summed E-state index contributed by atoms with van der Waals surface area (Å²) in [6, 6.07) is 5.54. The first-order chi connectivity index (χ1) is 8.13. The molecule has 6 heteroatoms. The van der Waals surface area contributed by atoms with Crippen molar-refractivity contribution < 1.29 is 9.90 Å². The summed E-state index contributed by atoms with van der Waals surface area (Å²) in [6.07, 6.45) is 0. The number of aliphatic hydroxyl groups excluding tert-OH is 1. The molecule has 0 spiro atoms. The summed E-state index contributed by atoms with van der Waals surface area (Å²) < 4.78 is 1.71. The molecule has 0 saturated carbocycles. The van der Waals surface area contributed by atoms with Crippen molar-refractivity contribution in [2.45, 2.75) is 6.54 Å². The van der Waals surface area contributed by atoms with E-state index in [1.54, 1.807) is 10.7 Å². The number of nitrogens with one attached hydrogen (secondary N) is 1. The number of aryl methyl sites for hydroxylation is 1. The van der Waals surface area contributed by atoms with Crippen molar-refractivity contribution in [3.8, 4) is 0 Å². The van der Waals surface area contributed by atoms with Gasteiger partial charge in [0, 0.05) is 12.4 Å². The monoisotopic (exact) mass is 253 g/mol. The molecule has 0 aliphatic rings. The van der Waals surface area contributed by atoms with Gasteiger partial charge in [-0.2, -0.15) is 5.10 Å². The summed E-state index contributed by atoms with van der Waals surface area (Å²) in [4.78, 5) is 11.0. The van der Waals surface area contributed by atoms with Crippen LogP contribution in [0.15, 0.2) is 18.2 Å². The Morgan fingerprint density at radius 1 is 1.59 bits per heavy atom. The van der Waals surface area contributed by atoms with E-state index in [4.69, 9.17) is 16.7 Å². The van der Waals surface area contributed by atoms with E-state index in [-0.39, 0.29) is 6.54 Å². The third-order valence-electron chi connectivity index (χ3n) is 2.50. The van der Waals surface area contributed by atoms with E-state index in [0.717, 1.165) is 10.9 Å². The highest BCUT2D eigenvalue weighted by Gasteiger charge is 2.12. The smallest absolute Gasteiger partial charge is 0.246 e. The van der Waals surface area contributed by atoms with Gasteiger partial charge in [0.15, 0.2) is 0 Å². The van der Waals surface area contributed by atoms with Gasteiger partial charge in [-0.3, -0.25) is 9.48 Å². The lowest BCUT2D eigenvalue weighted by atomic mass is 10.2. The molecule has 2 N–H and O–H groups in total. The summed E-state index contributed by atoms with van der Waals surface area (Å²) in [7, 11) is 1.82. The number of benzene rings is 1. The van der Waals surface area contributed by atoms with Gasteiger partial charge in [0.1, 0.15) is 6.61 Å². The molecule has 0 radical (unpaired) electrons. The van der Waals surface area contributed by atoms with Crippen LogP contribution >= 0.6 is 11.6 Å². The molecule has 0 saturated heterocycles. The molecule has 0 aliphatic carbocycles. The van der Waals surface area contributed by atoms with E-state index in [2.05, 4.69) is 10.4 Å². The van der Waals surface area contributed by atoms with Gasteiger partial charge in [-0.15, -0.1) is 0 Å². The van der Waals surface area contributed by atoms with Crippen LogP contribution in [0.5, 0.6) is 0 Å². The highest BCUT2D eigenvalue weighted by molar-refractivity contribution is 6.35. The van der Waals surface area contributed by atoms with Gasteiger partial charge < -0.3 is 10.4 Å². The van der Waals surface area contributed by atoms with Crippen LogP contribution in [0.3, 0.4) is 0 Å². The maximum absolute atomic E-state index is 11.0. The molecule has 1 aromatic carbocycles. The number of hydrogen-bond donors (Lipinski definition) is 2. The summed E-state index contributed by atoms with van der Waals surface area (Å²) in [5.74, 6) is -0.434. The molecule has 2 aromatic rings. The van der Waals surface area contributed by atoms with Crippen molar-refractivity contribution in [1.82, 2.24) is 15.1 Å². The SMILES string of the molecule is Cn1nc(CNC(=O)CO)c2c(Cl)cccc21. The summed E-state index contributed by atoms with van der Waals surface area (Å²) in [5.41, 5.74) is 1.60. The molecule has 90 valence electrons. The highest BCUT2D eigenvalue weighted by Crippen LogP contribution is 2.26. The first-order valence-electron chi connectivity index (χ1n) is 5.11. The number of aliphatic hydroxyl groups is 1. The van der Waals surface area contributed by atoms with Gasteiger partial charge in [-0.25, -0.2) is 0 Å². The quantitative estimate of drug-likeness (QED) is 0.852. The van der Waals surface area contributed by atoms with Crippen molar-refractivity contribution in [2.75, 3.05) is 6.61 Å². The fourth-order valence-electron chi connectivity index (χ4n) is 1.71. The van der Waals surface area contributed by atoms with Crippen LogP contribution in [0.1, 0.15) is 5.69 Å². The van der Waals surface area contributed by atoms with Crippen LogP contribution in [0.2, 0.25) is 5.02 Å². The van der Waals surface area contributed by atoms with Crippen LogP contribution in [0.25, 0.3) is 10.9 Å². The van der Waals surface area contributed by atoms with Crippen LogP contribution in [0, 0.1) is 0 Å². The Balaban J connectivity index is 2.37. The van der Waals surface area contributed by atoms with Gasteiger partial charge in [0.2, 0.25) is 5.91 Å². The third-order valence-corrected chi connectivity index (χ3v) is 2.81. The number of rotatable bonds is 3. The predicted octanol–water partition coefficient (Wildman–Crippen LogP) is 0.835. The van der Waals surface area contributed by atoms with Gasteiger partial charge in [0.25, 0.3) is 0 Å². The largest absolute Gasteiger partial charge is 0.387 e. The van der Waals surface area contributed by atoms with E-state index in [9.17, 15) is 4.79 Å². The predicted molar refractivity (Wildman–Crippen MR) is 64.7 cm³/mol. The number of carbonyl (C=O) groups excluding carboxylic acids is 1. The zero-order chi connectivity index (χ0) is 12.4. The van der Waals surface area contributed by atoms with Crippen LogP contribution < -0.4 is 5.32 Å². The lowest BCUT2D eigenvalue weighted by Gasteiger charge is -2.01. The van der Waals surface area contributed by atoms with Gasteiger partial charge in [-0.1, -0.05) is 17.7 Å². The van der Waals surface area contributed by atoms with Crippen molar-refractivity contribution in [3.63, 3.8) is 0 Å². The van der Waals surface area contributed by atoms with Crippen LogP contribution in [-0.2, 0) is 18.4 Å². The molecule has 17 heavy (non-hydrogen) atoms. The van der Waals surface area contributed by atoms with Crippen molar-refractivity contribution in [1.29, 1.82) is 0 Å². The molecular weight excluding hydrogens is 242 g/mol. The zero-order valence-electron chi connectivity index (χ0n) is 9.27. The topological polar surface area (TPSA) is 67.2 Å². The summed E-state index contributed by atoms with van der Waals surface area (Å²) in [5, 5.41) is 16.9. The van der Waals surface area contributed by atoms with E-state index >= 15 is 0 Å². The van der Waals surface area contributed by atoms with E-state index in [1.165, 1.54) is 0 Å². The number of nitrogens with zero attached hydrogens (tertiary/aromatic N) is 2. The Labute approximate surface area is 103 Å². The second-order valence-electron chi connectivity index (χ2n) is 3.64. The lowest BCUT2D eigenvalue weighted by molar-refractivity contribution is -0.123. The fourth-order valence-corrected chi connectivity index (χ4v) is 1.99. The number of amides is 1. The molecule has 0 aliphatic heterocycles. The number of aromatic nitrogens is 2. The highest BCUT2D eigenvalue weighted by atomic mass is 35.5. The Morgan fingerprint density at radius 3 is 3.06 bits per heavy atom. The molecule has 0 unspecified atom stereocenters. The van der Waals surface area contributed by atoms with Gasteiger partial charge >= 0.3 is 0 Å². The average Bonchev–Trinajstić information content (AvgIpc) is 2.65. The number of carbonyl (C=O) groups is 1. The number of fused-ring (bicyclic) bond motifs is 1. The third kappa shape index (κ3) is 2.25. The van der Waals surface area contributed by atoms with Crippen LogP contribution in [0.4, 0.5) is 0 Å². The molecule has 5 nitrogen and oxygen atoms in total. The second kappa shape index (κ2) is 4.73. The number of halogens is 1. The minimum Gasteiger partial charge on any atom is -0.387 e. The van der Waals surface area contributed by atoms with Crippen molar-refractivity contribution >= 4 is 28.4 Å². The van der Waals surface area contributed by atoms with Crippen molar-refractivity contribution in [3.05, 3.63) is 28.9 Å². The van der Waals surface area contributed by atoms with E-state index in [1.807, 2.05) is 19.2 Å². The second-order valence-corrected chi connectivity index (χ2v) is 4.05. The standard InChI is InChI=1S/C11H12ClN3O2/c1-15-9-4-2-3-7(12)11(9)8(14-15)5-13-10(17)6-16/h2-4,16H,5-6H2,1H3,(H,13,17). The van der Waals surface area contributed by atoms with Crippen molar-refractivity contribution in [2.24, 2.45) is 7.05 Å². The molecule has 1 aromatic heterocycles. The molecular formula is C11H12ClN3O2. The molecule has 0 atom stereocenters. The zero-order valence-corrected chi connectivity index (χ0v) is 10.0. The Bertz CT molecular complexity index is 565. The molecule has 0 bridgehead atoms. The molecule has 1 heterocycles. The van der Waals surface area contributed by atoms with Gasteiger partial charge in [-0.05, 0) is 12.1 Å². The maximum atomic E-state index is 11.0. The Hall–Kier alpha value is -1.59. The fraction of sp³-hybridized carbons (Fsp3) is 0.273. The first-order valence-corrected chi connectivity index (χ1v) is 5.49. The van der Waals surface area contributed by atoms with E-state index < -0.39 is 12.5 Å². The first kappa shape index (κ1) is 11.9. The average molecular weight is 254 g/mol. The minimum atomic E-state index is -0.529. The summed E-state index contributed by atoms with van der Waals surface area (Å²) in [6.45, 7) is -0.279. The Morgan fingerprint density at radius 2 is 2.35 bits per heavy atom. The number of hydrogen-bond acceptors (Lipinski definition) is 3. The normalized spacial score (nSPS) is 10.8. The minimum absolute atomic E-state index is 0.250. The van der Waals surface area contributed by atoms with Gasteiger partial charge in [0.05, 0.1) is 22.8 Å². The van der Waals surface area contributed by atoms with E-state index in [0.29, 0.717) is 10.7 Å². The molecule has 0 fully saturated rings. The lowest BCUT2D eigenvalue weighted by Crippen LogP contribution is -2.25. The summed E-state index contributed by atoms with van der Waals surface area (Å²) >= 11 is 6.11. The maximum Gasteiger partial charge on any atom is 0.246 e. The van der Waals surface area contributed by atoms with Crippen LogP contribution in [-0.4, -0.2) is 27.4 Å². The Kier molecular flexibility index (Phi) is 3.31. The molecule has 2 rings (SSSR count). The molecule has 1 amide bonds.